The Bertz CT molecular complexity index is 1480. The van der Waals surface area contributed by atoms with Gasteiger partial charge in [-0.25, -0.2) is 14.7 Å². The number of carbonyl (C=O) groups is 2. The van der Waals surface area contributed by atoms with Crippen LogP contribution in [0.2, 0.25) is 0 Å². The molecule has 1 saturated heterocycles. The van der Waals surface area contributed by atoms with Gasteiger partial charge in [-0.15, -0.1) is 0 Å². The molecule has 3 aromatic rings. The lowest BCUT2D eigenvalue weighted by Gasteiger charge is -2.26. The minimum Gasteiger partial charge on any atom is -0.379 e. The van der Waals surface area contributed by atoms with Crippen molar-refractivity contribution in [2.24, 2.45) is 10.9 Å². The van der Waals surface area contributed by atoms with E-state index in [1.807, 2.05) is 56.6 Å². The van der Waals surface area contributed by atoms with E-state index in [1.165, 1.54) is 5.56 Å². The van der Waals surface area contributed by atoms with Gasteiger partial charge in [-0.05, 0) is 58.1 Å². The maximum atomic E-state index is 13.7. The Hall–Kier alpha value is -3.73. The summed E-state index contributed by atoms with van der Waals surface area (Å²) in [6.45, 7) is 11.0. The number of benzene rings is 1. The Morgan fingerprint density at radius 3 is 2.59 bits per heavy atom. The molecule has 2 aromatic heterocycles. The fourth-order valence-electron chi connectivity index (χ4n) is 5.37. The van der Waals surface area contributed by atoms with Crippen LogP contribution in [0, 0.1) is 5.92 Å². The minimum atomic E-state index is -0.501. The second-order valence-electron chi connectivity index (χ2n) is 11.4. The van der Waals surface area contributed by atoms with Crippen LogP contribution in [0.1, 0.15) is 42.7 Å². The summed E-state index contributed by atoms with van der Waals surface area (Å²) in [4.78, 5) is 39.9. The summed E-state index contributed by atoms with van der Waals surface area (Å²) in [6, 6.07) is 10.2. The van der Waals surface area contributed by atoms with Gasteiger partial charge in [0.25, 0.3) is 11.8 Å². The van der Waals surface area contributed by atoms with Crippen LogP contribution >= 0.6 is 0 Å². The number of likely N-dealkylation sites (N-methyl/N-ethyl adjacent to an activating group) is 1. The largest absolute Gasteiger partial charge is 0.379 e. The van der Waals surface area contributed by atoms with E-state index in [0.29, 0.717) is 34.5 Å². The first-order valence-corrected chi connectivity index (χ1v) is 14.2. The van der Waals surface area contributed by atoms with Crippen LogP contribution in [-0.2, 0) is 16.1 Å². The first-order valence-electron chi connectivity index (χ1n) is 14.2. The minimum absolute atomic E-state index is 0.0711. The monoisotopic (exact) mass is 557 g/mol. The Kier molecular flexibility index (Phi) is 8.72. The number of allylic oxidation sites excluding steroid dienone is 1. The zero-order valence-electron chi connectivity index (χ0n) is 24.6. The van der Waals surface area contributed by atoms with Crippen molar-refractivity contribution < 1.29 is 14.3 Å². The van der Waals surface area contributed by atoms with Gasteiger partial charge in [0.1, 0.15) is 0 Å². The van der Waals surface area contributed by atoms with Gasteiger partial charge in [-0.3, -0.25) is 14.5 Å². The molecule has 10 nitrogen and oxygen atoms in total. The molecule has 1 N–H and O–H groups in total. The molecular formula is C31H39N7O3. The highest BCUT2D eigenvalue weighted by Gasteiger charge is 2.28. The fourth-order valence-corrected chi connectivity index (χ4v) is 5.37. The molecule has 2 aliphatic heterocycles. The number of dihydropyridines is 1. The first-order chi connectivity index (χ1) is 19.7. The third kappa shape index (κ3) is 6.61. The molecule has 1 aromatic carbocycles. The molecule has 0 saturated carbocycles. The Balaban J connectivity index is 1.41. The zero-order valence-corrected chi connectivity index (χ0v) is 24.6. The van der Waals surface area contributed by atoms with Crippen LogP contribution < -0.4 is 5.32 Å². The highest BCUT2D eigenvalue weighted by atomic mass is 16.5. The van der Waals surface area contributed by atoms with Gasteiger partial charge in [0.05, 0.1) is 42.0 Å². The van der Waals surface area contributed by atoms with Gasteiger partial charge in [-0.1, -0.05) is 24.3 Å². The van der Waals surface area contributed by atoms with Crippen LogP contribution in [-0.4, -0.2) is 95.6 Å². The van der Waals surface area contributed by atoms with Crippen molar-refractivity contribution in [2.75, 3.05) is 53.5 Å². The van der Waals surface area contributed by atoms with Crippen LogP contribution in [0.25, 0.3) is 22.3 Å². The number of aliphatic imine (C=N–C) groups is 1. The van der Waals surface area contributed by atoms with Crippen molar-refractivity contribution in [3.63, 3.8) is 0 Å². The lowest BCUT2D eigenvalue weighted by Crippen LogP contribution is -2.37. The van der Waals surface area contributed by atoms with Crippen molar-refractivity contribution in [3.8, 4) is 11.3 Å². The molecule has 0 radical (unpaired) electrons. The number of nitrogens with one attached hydrogen (secondary N) is 1. The molecule has 10 heteroatoms. The van der Waals surface area contributed by atoms with Crippen LogP contribution in [0.5, 0.6) is 0 Å². The average Bonchev–Trinajstić information content (AvgIpc) is 3.37. The van der Waals surface area contributed by atoms with Crippen molar-refractivity contribution in [1.29, 1.82) is 0 Å². The van der Waals surface area contributed by atoms with E-state index in [1.54, 1.807) is 6.20 Å². The predicted molar refractivity (Wildman–Crippen MR) is 160 cm³/mol. The molecule has 0 bridgehead atoms. The predicted octanol–water partition coefficient (Wildman–Crippen LogP) is 3.35. The van der Waals surface area contributed by atoms with Crippen LogP contribution in [0.4, 0.5) is 0 Å². The van der Waals surface area contributed by atoms with Gasteiger partial charge in [0.15, 0.2) is 5.65 Å². The quantitative estimate of drug-likeness (QED) is 0.430. The third-order valence-electron chi connectivity index (χ3n) is 7.45. The van der Waals surface area contributed by atoms with E-state index in [-0.39, 0.29) is 24.4 Å². The number of nitrogens with zero attached hydrogens (tertiary/aromatic N) is 6. The average molecular weight is 558 g/mol. The third-order valence-corrected chi connectivity index (χ3v) is 7.45. The maximum Gasteiger partial charge on any atom is 0.254 e. The van der Waals surface area contributed by atoms with Gasteiger partial charge in [-0.2, -0.15) is 5.10 Å². The van der Waals surface area contributed by atoms with Gasteiger partial charge in [0, 0.05) is 50.0 Å². The molecule has 4 heterocycles. The standard InChI is InChI=1S/C31H39N7O3/c1-20(2)38-29-27(17-33-38)25(30(39)32-16-26-24(19-36(4)5)14-21(3)34-31(26)40)15-28(35-29)23-8-6-22(7-9-23)18-37-10-12-41-13-11-37/h6-9,14-15,17,20,26H,10-13,16,18-19H2,1-5H3,(H,32,39). The molecule has 2 amide bonds. The number of aromatic nitrogens is 3. The van der Waals surface area contributed by atoms with Gasteiger partial charge < -0.3 is 15.0 Å². The molecule has 1 unspecified atom stereocenters. The smallest absolute Gasteiger partial charge is 0.254 e. The lowest BCUT2D eigenvalue weighted by atomic mass is 9.93. The number of morpholine rings is 1. The highest BCUT2D eigenvalue weighted by Crippen LogP contribution is 2.27. The summed E-state index contributed by atoms with van der Waals surface area (Å²) in [5.41, 5.74) is 5.61. The summed E-state index contributed by atoms with van der Waals surface area (Å²) in [5, 5.41) is 8.23. The Morgan fingerprint density at radius 2 is 1.90 bits per heavy atom. The molecule has 1 atom stereocenters. The molecule has 0 spiro atoms. The van der Waals surface area contributed by atoms with Crippen LogP contribution in [0.15, 0.2) is 53.2 Å². The number of carbonyl (C=O) groups excluding carboxylic acids is 2. The van der Waals surface area contributed by atoms with E-state index in [0.717, 1.165) is 44.0 Å². The molecular weight excluding hydrogens is 518 g/mol. The fraction of sp³-hybridized carbons (Fsp3) is 0.452. The van der Waals surface area contributed by atoms with E-state index in [9.17, 15) is 9.59 Å². The molecule has 5 rings (SSSR count). The molecule has 2 aliphatic rings. The SMILES string of the molecule is CC1=NC(=O)C(CNC(=O)c2cc(-c3ccc(CN4CCOCC4)cc3)nc3c2cnn3C(C)C)C(CN(C)C)=C1. The second-order valence-corrected chi connectivity index (χ2v) is 11.4. The summed E-state index contributed by atoms with van der Waals surface area (Å²) in [5.74, 6) is -0.999. The number of pyridine rings is 1. The van der Waals surface area contributed by atoms with Crippen molar-refractivity contribution in [1.82, 2.24) is 29.9 Å². The summed E-state index contributed by atoms with van der Waals surface area (Å²) >= 11 is 0. The maximum absolute atomic E-state index is 13.7. The van der Waals surface area contributed by atoms with E-state index >= 15 is 0 Å². The van der Waals surface area contributed by atoms with Crippen molar-refractivity contribution >= 4 is 28.6 Å². The second kappa shape index (κ2) is 12.4. The summed E-state index contributed by atoms with van der Waals surface area (Å²) < 4.78 is 7.30. The molecule has 0 aliphatic carbocycles. The van der Waals surface area contributed by atoms with Crippen molar-refractivity contribution in [2.45, 2.75) is 33.4 Å². The first kappa shape index (κ1) is 28.8. The normalized spacial score (nSPS) is 18.2. The topological polar surface area (TPSA) is 105 Å². The number of ether oxygens (including phenoxy) is 1. The number of amides is 2. The number of hydrogen-bond donors (Lipinski definition) is 1. The Morgan fingerprint density at radius 1 is 1.17 bits per heavy atom. The Labute approximate surface area is 241 Å². The molecule has 216 valence electrons. The van der Waals surface area contributed by atoms with Gasteiger partial charge in [0.2, 0.25) is 0 Å². The van der Waals surface area contributed by atoms with E-state index in [4.69, 9.17) is 9.72 Å². The highest BCUT2D eigenvalue weighted by molar-refractivity contribution is 6.08. The number of fused-ring (bicyclic) bond motifs is 1. The van der Waals surface area contributed by atoms with E-state index < -0.39 is 5.92 Å². The molecule has 41 heavy (non-hydrogen) atoms. The zero-order chi connectivity index (χ0) is 29.1. The molecule has 1 fully saturated rings. The number of rotatable bonds is 9. The number of hydrogen-bond acceptors (Lipinski definition) is 7. The van der Waals surface area contributed by atoms with Crippen molar-refractivity contribution in [3.05, 3.63) is 59.3 Å². The van der Waals surface area contributed by atoms with Gasteiger partial charge >= 0.3 is 0 Å². The van der Waals surface area contributed by atoms with E-state index in [2.05, 4.69) is 44.6 Å². The lowest BCUT2D eigenvalue weighted by molar-refractivity contribution is -0.120. The van der Waals surface area contributed by atoms with Crippen LogP contribution in [0.3, 0.4) is 0 Å². The summed E-state index contributed by atoms with van der Waals surface area (Å²) in [6.07, 6.45) is 3.64. The summed E-state index contributed by atoms with van der Waals surface area (Å²) in [7, 11) is 3.91.